The molecule has 220 valence electrons. The molecule has 1 aromatic heterocycles. The summed E-state index contributed by atoms with van der Waals surface area (Å²) in [5.41, 5.74) is 0.415. The quantitative estimate of drug-likeness (QED) is 0.505. The topological polar surface area (TPSA) is 109 Å². The van der Waals surface area contributed by atoms with E-state index in [0.29, 0.717) is 6.54 Å². The van der Waals surface area contributed by atoms with E-state index in [4.69, 9.17) is 18.9 Å². The van der Waals surface area contributed by atoms with E-state index in [-0.39, 0.29) is 41.9 Å². The minimum atomic E-state index is -0.975. The minimum absolute atomic E-state index is 0.0161. The van der Waals surface area contributed by atoms with E-state index in [1.807, 2.05) is 13.8 Å². The molecule has 2 saturated heterocycles. The van der Waals surface area contributed by atoms with E-state index >= 15 is 0 Å². The van der Waals surface area contributed by atoms with Crippen LogP contribution in [-0.2, 0) is 23.7 Å². The highest BCUT2D eigenvalue weighted by molar-refractivity contribution is 5.78. The molecule has 2 aliphatic heterocycles. The fraction of sp³-hybridized carbons (Fsp3) is 0.679. The molecule has 40 heavy (non-hydrogen) atoms. The van der Waals surface area contributed by atoms with Gasteiger partial charge in [-0.05, 0) is 45.2 Å². The zero-order chi connectivity index (χ0) is 28.4. The Morgan fingerprint density at radius 1 is 1.20 bits per heavy atom. The van der Waals surface area contributed by atoms with Gasteiger partial charge in [-0.3, -0.25) is 4.79 Å². The lowest BCUT2D eigenvalue weighted by atomic mass is 9.91. The zero-order valence-electron chi connectivity index (χ0n) is 23.5. The van der Waals surface area contributed by atoms with E-state index in [0.717, 1.165) is 25.7 Å². The van der Waals surface area contributed by atoms with Crippen molar-refractivity contribution >= 4 is 5.91 Å². The summed E-state index contributed by atoms with van der Waals surface area (Å²) in [7, 11) is 1.57. The molecule has 0 bridgehead atoms. The van der Waals surface area contributed by atoms with Crippen molar-refractivity contribution in [1.29, 1.82) is 0 Å². The van der Waals surface area contributed by atoms with Crippen molar-refractivity contribution in [2.24, 2.45) is 0 Å². The van der Waals surface area contributed by atoms with E-state index in [2.05, 4.69) is 20.9 Å². The molecule has 2 aromatic rings. The number of fused-ring (bicyclic) bond motifs is 1. The number of aryl methyl sites for hydroxylation is 1. The maximum atomic E-state index is 14.7. The van der Waals surface area contributed by atoms with Crippen LogP contribution < -0.4 is 10.6 Å². The average Bonchev–Trinajstić information content (AvgIpc) is 3.41. The fourth-order valence-corrected chi connectivity index (χ4v) is 5.93. The Kier molecular flexibility index (Phi) is 8.81. The van der Waals surface area contributed by atoms with Crippen molar-refractivity contribution in [3.63, 3.8) is 0 Å². The molecule has 1 amide bonds. The normalized spacial score (nSPS) is 28.7. The van der Waals surface area contributed by atoms with E-state index in [1.54, 1.807) is 18.0 Å². The van der Waals surface area contributed by atoms with Crippen molar-refractivity contribution in [3.8, 4) is 11.3 Å². The van der Waals surface area contributed by atoms with Crippen molar-refractivity contribution in [2.75, 3.05) is 26.8 Å². The third-order valence-corrected chi connectivity index (χ3v) is 8.01. The van der Waals surface area contributed by atoms with Gasteiger partial charge in [0.15, 0.2) is 17.4 Å². The molecule has 1 saturated carbocycles. The lowest BCUT2D eigenvalue weighted by molar-refractivity contribution is -0.349. The molecule has 5 atom stereocenters. The van der Waals surface area contributed by atoms with Gasteiger partial charge in [-0.15, -0.1) is 5.10 Å². The average molecular weight is 564 g/mol. The van der Waals surface area contributed by atoms with Crippen LogP contribution in [0.1, 0.15) is 57.6 Å². The summed E-state index contributed by atoms with van der Waals surface area (Å²) in [5, 5.41) is 14.8. The summed E-state index contributed by atoms with van der Waals surface area (Å²) in [5.74, 6) is -2.82. The SMILES string of the molecule is CO[C@@H]1[C@@H](n2cc(-c3ccc(C)c(F)c3F)nn2)[C@H]2OC(C)(C)OC[C@H]2O[C@@H]1CNCC(=O)NC1CCCCC1. The van der Waals surface area contributed by atoms with Gasteiger partial charge in [-0.1, -0.05) is 30.5 Å². The number of benzene rings is 1. The molecule has 0 radical (unpaired) electrons. The summed E-state index contributed by atoms with van der Waals surface area (Å²) >= 11 is 0. The number of carbonyl (C=O) groups excluding carboxylic acids is 1. The number of amides is 1. The predicted octanol–water partition coefficient (Wildman–Crippen LogP) is 3.05. The van der Waals surface area contributed by atoms with E-state index in [9.17, 15) is 13.6 Å². The maximum absolute atomic E-state index is 14.7. The Labute approximate surface area is 233 Å². The van der Waals surface area contributed by atoms with E-state index in [1.165, 1.54) is 25.5 Å². The first kappa shape index (κ1) is 29.0. The molecule has 3 aliphatic rings. The lowest BCUT2D eigenvalue weighted by Gasteiger charge is -2.51. The van der Waals surface area contributed by atoms with Gasteiger partial charge in [0.25, 0.3) is 0 Å². The van der Waals surface area contributed by atoms with Crippen molar-refractivity contribution in [1.82, 2.24) is 25.6 Å². The first-order chi connectivity index (χ1) is 19.2. The monoisotopic (exact) mass is 563 g/mol. The molecular weight excluding hydrogens is 524 g/mol. The molecule has 3 heterocycles. The Hall–Kier alpha value is -2.51. The van der Waals surface area contributed by atoms with Crippen molar-refractivity contribution in [3.05, 3.63) is 35.5 Å². The Morgan fingerprint density at radius 2 is 1.98 bits per heavy atom. The predicted molar refractivity (Wildman–Crippen MR) is 141 cm³/mol. The maximum Gasteiger partial charge on any atom is 0.234 e. The Bertz CT molecular complexity index is 1190. The molecule has 2 N–H and O–H groups in total. The highest BCUT2D eigenvalue weighted by Gasteiger charge is 2.52. The number of hydrogen-bond donors (Lipinski definition) is 2. The highest BCUT2D eigenvalue weighted by atomic mass is 19.2. The number of hydrogen-bond acceptors (Lipinski definition) is 8. The van der Waals surface area contributed by atoms with E-state index < -0.39 is 47.9 Å². The number of rotatable bonds is 8. The standard InChI is InChI=1S/C28H39F2N5O5/c1-16-10-11-18(24(30)23(16)29)19-14-35(34-33-19)25-26(37-4)20(39-21-15-38-28(2,3)40-27(21)25)12-31-13-22(36)32-17-8-6-5-7-9-17/h10-11,14,17,20-21,25-27,31H,5-9,12-13,15H2,1-4H3,(H,32,36)/t20-,21-,25-,26+,27+/m1/s1. The number of nitrogens with one attached hydrogen (secondary N) is 2. The van der Waals surface area contributed by atoms with Crippen LogP contribution in [0, 0.1) is 18.6 Å². The van der Waals surface area contributed by atoms with Gasteiger partial charge in [-0.25, -0.2) is 13.5 Å². The number of methoxy groups -OCH3 is 1. The smallest absolute Gasteiger partial charge is 0.234 e. The van der Waals surface area contributed by atoms with Crippen molar-refractivity contribution in [2.45, 2.75) is 95.2 Å². The second-order valence-corrected chi connectivity index (χ2v) is 11.4. The number of aromatic nitrogens is 3. The first-order valence-corrected chi connectivity index (χ1v) is 14.0. The van der Waals surface area contributed by atoms with Crippen LogP contribution in [0.5, 0.6) is 0 Å². The summed E-state index contributed by atoms with van der Waals surface area (Å²) < 4.78 is 55.1. The van der Waals surface area contributed by atoms with Crippen LogP contribution in [0.2, 0.25) is 0 Å². The molecule has 0 unspecified atom stereocenters. The van der Waals surface area contributed by atoms with Gasteiger partial charge in [0.05, 0.1) is 25.5 Å². The summed E-state index contributed by atoms with van der Waals surface area (Å²) in [4.78, 5) is 12.5. The number of nitrogens with zero attached hydrogens (tertiary/aromatic N) is 3. The van der Waals surface area contributed by atoms with Crippen LogP contribution in [0.3, 0.4) is 0 Å². The third kappa shape index (κ3) is 6.20. The highest BCUT2D eigenvalue weighted by Crippen LogP contribution is 2.39. The van der Waals surface area contributed by atoms with Crippen LogP contribution in [0.4, 0.5) is 8.78 Å². The number of halogens is 2. The zero-order valence-corrected chi connectivity index (χ0v) is 23.5. The molecule has 12 heteroatoms. The number of ether oxygens (including phenoxy) is 4. The van der Waals surface area contributed by atoms with Gasteiger partial charge < -0.3 is 29.6 Å². The third-order valence-electron chi connectivity index (χ3n) is 8.01. The first-order valence-electron chi connectivity index (χ1n) is 14.0. The Balaban J connectivity index is 1.34. The van der Waals surface area contributed by atoms with Gasteiger partial charge in [0.1, 0.15) is 30.0 Å². The molecular formula is C28H39F2N5O5. The van der Waals surface area contributed by atoms with Crippen LogP contribution in [0.15, 0.2) is 18.3 Å². The molecule has 5 rings (SSSR count). The number of carbonyl (C=O) groups is 1. The van der Waals surface area contributed by atoms with Crippen LogP contribution in [-0.4, -0.2) is 84.0 Å². The molecule has 0 spiro atoms. The second kappa shape index (κ2) is 12.2. The lowest BCUT2D eigenvalue weighted by Crippen LogP contribution is -2.64. The summed E-state index contributed by atoms with van der Waals surface area (Å²) in [6.45, 7) is 5.90. The van der Waals surface area contributed by atoms with Gasteiger partial charge in [0, 0.05) is 25.3 Å². The molecule has 1 aliphatic carbocycles. The van der Waals surface area contributed by atoms with Crippen molar-refractivity contribution < 1.29 is 32.5 Å². The van der Waals surface area contributed by atoms with Crippen LogP contribution in [0.25, 0.3) is 11.3 Å². The summed E-state index contributed by atoms with van der Waals surface area (Å²) in [6, 6.07) is 2.71. The molecule has 10 nitrogen and oxygen atoms in total. The molecule has 1 aromatic carbocycles. The largest absolute Gasteiger partial charge is 0.376 e. The second-order valence-electron chi connectivity index (χ2n) is 11.4. The minimum Gasteiger partial charge on any atom is -0.376 e. The van der Waals surface area contributed by atoms with Gasteiger partial charge in [-0.2, -0.15) is 0 Å². The van der Waals surface area contributed by atoms with Gasteiger partial charge in [0.2, 0.25) is 5.91 Å². The summed E-state index contributed by atoms with van der Waals surface area (Å²) in [6.07, 6.45) is 5.11. The van der Waals surface area contributed by atoms with Crippen LogP contribution >= 0.6 is 0 Å². The fourth-order valence-electron chi connectivity index (χ4n) is 5.93. The molecule has 3 fully saturated rings. The van der Waals surface area contributed by atoms with Gasteiger partial charge >= 0.3 is 0 Å². The Morgan fingerprint density at radius 3 is 2.73 bits per heavy atom.